The average molecular weight is 700 g/mol. The number of aliphatic hydroxyl groups excluding tert-OH is 1. The number of nitrogens with zero attached hydrogens (tertiary/aromatic N) is 6. The van der Waals surface area contributed by atoms with Gasteiger partial charge in [-0.25, -0.2) is 8.78 Å². The summed E-state index contributed by atoms with van der Waals surface area (Å²) in [5.74, 6) is 0.993. The Labute approximate surface area is 295 Å². The van der Waals surface area contributed by atoms with Gasteiger partial charge in [0.25, 0.3) is 0 Å². The number of carbonyl (C=O) groups is 1. The van der Waals surface area contributed by atoms with Gasteiger partial charge < -0.3 is 35.0 Å². The van der Waals surface area contributed by atoms with E-state index in [1.165, 1.54) is 76.3 Å². The van der Waals surface area contributed by atoms with Gasteiger partial charge in [0.2, 0.25) is 5.91 Å². The molecule has 4 fully saturated rings. The Balaban J connectivity index is 0.000000442. The number of likely N-dealkylation sites (N-methyl/N-ethyl adjacent to an activating group) is 1. The fourth-order valence-electron chi connectivity index (χ4n) is 8.49. The largest absolute Gasteiger partial charge is 0.508 e. The number of rotatable bonds is 7. The molecule has 0 spiro atoms. The fraction of sp³-hybridized carbons (Fsp3) is 0.474. The second kappa shape index (κ2) is 14.2. The molecule has 1 unspecified atom stereocenters. The summed E-state index contributed by atoms with van der Waals surface area (Å²) in [7, 11) is 3.10. The number of hydrogen-bond acceptors (Lipinski definition) is 10. The number of benzene rings is 2. The topological polar surface area (TPSA) is 127 Å². The van der Waals surface area contributed by atoms with E-state index < -0.39 is 17.2 Å². The number of carbonyl (C=O) groups excluding carboxylic acids is 1. The summed E-state index contributed by atoms with van der Waals surface area (Å²) in [5, 5.41) is 24.3. The molecule has 13 heteroatoms. The number of pyridine rings is 1. The molecule has 1 amide bonds. The van der Waals surface area contributed by atoms with Gasteiger partial charge in [-0.2, -0.15) is 9.97 Å². The van der Waals surface area contributed by atoms with Crippen LogP contribution in [0.1, 0.15) is 50.5 Å². The summed E-state index contributed by atoms with van der Waals surface area (Å²) < 4.78 is 36.5. The molecule has 11 nitrogen and oxygen atoms in total. The Morgan fingerprint density at radius 1 is 1.20 bits per heavy atom. The first-order chi connectivity index (χ1) is 24.6. The van der Waals surface area contributed by atoms with E-state index >= 15 is 4.39 Å². The highest BCUT2D eigenvalue weighted by Gasteiger charge is 2.46. The van der Waals surface area contributed by atoms with Crippen molar-refractivity contribution < 1.29 is 28.5 Å². The number of methoxy groups -OCH3 is 1. The number of anilines is 1. The molecular weight excluding hydrogens is 656 g/mol. The molecule has 8 rings (SSSR count). The molecule has 4 aromatic rings. The summed E-state index contributed by atoms with van der Waals surface area (Å²) in [6, 6.07) is 6.44. The number of nitrogens with one attached hydrogen (secondary N) is 1. The minimum atomic E-state index is -0.805. The Morgan fingerprint density at radius 2 is 1.98 bits per heavy atom. The van der Waals surface area contributed by atoms with Crippen LogP contribution in [0.2, 0.25) is 0 Å². The number of aliphatic hydroxyl groups is 1. The standard InChI is InChI=1S/C31H30F2N6O4.C7H13N/c1-4-20-23(32)6-5-17-11-19(41)12-21(25(17)20)27-26(33)28-22(13-34-27)29(36-30(35-28)43-3)39-14-18-7-9-31(16-39,37-18)15-38(2)24(42)8-10-40;1-3-7-4-2-6-8(7)5-1/h1,5-6,11-13,18,37,40-41H,7-10,14-16H2,2-3H3;7H,1-6H2/t18-,31?;/m1./s1. The highest BCUT2D eigenvalue weighted by atomic mass is 19.1. The quantitative estimate of drug-likeness (QED) is 0.242. The summed E-state index contributed by atoms with van der Waals surface area (Å²) in [6.07, 6.45) is 14.7. The van der Waals surface area contributed by atoms with E-state index in [2.05, 4.69) is 31.1 Å². The Morgan fingerprint density at radius 3 is 2.69 bits per heavy atom. The first kappa shape index (κ1) is 34.8. The number of terminal acetylenes is 1. The van der Waals surface area contributed by atoms with Crippen molar-refractivity contribution in [2.75, 3.05) is 58.4 Å². The first-order valence-electron chi connectivity index (χ1n) is 17.6. The van der Waals surface area contributed by atoms with Crippen molar-refractivity contribution in [1.82, 2.24) is 30.1 Å². The van der Waals surface area contributed by atoms with Crippen molar-refractivity contribution in [2.24, 2.45) is 0 Å². The lowest BCUT2D eigenvalue weighted by Gasteiger charge is -2.43. The van der Waals surface area contributed by atoms with E-state index in [9.17, 15) is 19.4 Å². The van der Waals surface area contributed by atoms with Gasteiger partial charge in [-0.05, 0) is 75.2 Å². The molecule has 268 valence electrons. The minimum Gasteiger partial charge on any atom is -0.508 e. The first-order valence-corrected chi connectivity index (χ1v) is 17.6. The number of hydrogen-bond donors (Lipinski definition) is 3. The Kier molecular flexibility index (Phi) is 9.67. The maximum atomic E-state index is 16.5. The van der Waals surface area contributed by atoms with E-state index in [-0.39, 0.29) is 64.5 Å². The summed E-state index contributed by atoms with van der Waals surface area (Å²) >= 11 is 0. The number of phenolic OH excluding ortho intramolecular Hbond substituents is 1. The highest BCUT2D eigenvalue weighted by molar-refractivity contribution is 6.03. The van der Waals surface area contributed by atoms with Gasteiger partial charge in [-0.15, -0.1) is 6.42 Å². The van der Waals surface area contributed by atoms with Crippen LogP contribution in [0.5, 0.6) is 11.8 Å². The minimum absolute atomic E-state index is 0.0463. The van der Waals surface area contributed by atoms with Gasteiger partial charge in [0.15, 0.2) is 5.82 Å². The SMILES string of the molecule is C#Cc1c(F)ccc2cc(O)cc(-c3ncc4c(N5C[C@H]6CCC(CN(C)C(=O)CCO)(C5)N6)nc(OC)nc4c3F)c12.C1CC2CCCN2C1. The maximum absolute atomic E-state index is 16.5. The van der Waals surface area contributed by atoms with Gasteiger partial charge in [-0.1, -0.05) is 12.0 Å². The number of aromatic hydroxyl groups is 1. The zero-order valence-electron chi connectivity index (χ0n) is 29.0. The molecule has 2 aromatic carbocycles. The third-order valence-corrected chi connectivity index (χ3v) is 10.8. The lowest BCUT2D eigenvalue weighted by Crippen LogP contribution is -2.64. The average Bonchev–Trinajstić information content (AvgIpc) is 3.84. The number of ether oxygens (including phenoxy) is 1. The maximum Gasteiger partial charge on any atom is 0.318 e. The molecule has 0 radical (unpaired) electrons. The van der Waals surface area contributed by atoms with Gasteiger partial charge in [0.1, 0.15) is 28.6 Å². The van der Waals surface area contributed by atoms with Gasteiger partial charge in [-0.3, -0.25) is 9.78 Å². The number of aromatic nitrogens is 3. The summed E-state index contributed by atoms with van der Waals surface area (Å²) in [6.45, 7) is 4.05. The van der Waals surface area contributed by atoms with Gasteiger partial charge in [0, 0.05) is 62.3 Å². The van der Waals surface area contributed by atoms with Crippen molar-refractivity contribution in [3.05, 3.63) is 47.7 Å². The lowest BCUT2D eigenvalue weighted by molar-refractivity contribution is -0.131. The molecule has 0 saturated carbocycles. The normalized spacial score (nSPS) is 21.4. The van der Waals surface area contributed by atoms with Crippen molar-refractivity contribution in [3.63, 3.8) is 0 Å². The Bertz CT molecular complexity index is 2000. The molecule has 0 aliphatic carbocycles. The van der Waals surface area contributed by atoms with Crippen LogP contribution in [-0.2, 0) is 4.79 Å². The van der Waals surface area contributed by atoms with Crippen LogP contribution in [0.3, 0.4) is 0 Å². The van der Waals surface area contributed by atoms with Crippen LogP contribution < -0.4 is 15.0 Å². The predicted octanol–water partition coefficient (Wildman–Crippen LogP) is 4.21. The molecule has 4 saturated heterocycles. The fourth-order valence-corrected chi connectivity index (χ4v) is 8.49. The second-order valence-electron chi connectivity index (χ2n) is 14.1. The molecule has 2 atom stereocenters. The third kappa shape index (κ3) is 6.64. The number of phenols is 1. The van der Waals surface area contributed by atoms with E-state index in [1.54, 1.807) is 11.9 Å². The number of piperazine rings is 1. The lowest BCUT2D eigenvalue weighted by atomic mass is 9.95. The second-order valence-corrected chi connectivity index (χ2v) is 14.1. The van der Waals surface area contributed by atoms with E-state index in [0.717, 1.165) is 18.9 Å². The number of halogens is 2. The van der Waals surface area contributed by atoms with Gasteiger partial charge in [0.05, 0.1) is 30.2 Å². The third-order valence-electron chi connectivity index (χ3n) is 10.8. The van der Waals surface area contributed by atoms with Crippen molar-refractivity contribution >= 4 is 33.4 Å². The zero-order chi connectivity index (χ0) is 35.9. The number of amides is 1. The van der Waals surface area contributed by atoms with Crippen LogP contribution in [0.4, 0.5) is 14.6 Å². The van der Waals surface area contributed by atoms with Crippen LogP contribution >= 0.6 is 0 Å². The van der Waals surface area contributed by atoms with Crippen LogP contribution in [-0.4, -0.2) is 112 Å². The predicted molar refractivity (Wildman–Crippen MR) is 191 cm³/mol. The summed E-state index contributed by atoms with van der Waals surface area (Å²) in [4.78, 5) is 32.1. The smallest absolute Gasteiger partial charge is 0.318 e. The van der Waals surface area contributed by atoms with Crippen LogP contribution in [0, 0.1) is 24.0 Å². The summed E-state index contributed by atoms with van der Waals surface area (Å²) in [5.41, 5.74) is -0.607. The molecule has 3 N–H and O–H groups in total. The van der Waals surface area contributed by atoms with E-state index in [0.29, 0.717) is 36.2 Å². The van der Waals surface area contributed by atoms with Crippen LogP contribution in [0.15, 0.2) is 30.5 Å². The van der Waals surface area contributed by atoms with Crippen molar-refractivity contribution in [2.45, 2.75) is 62.6 Å². The zero-order valence-corrected chi connectivity index (χ0v) is 29.0. The van der Waals surface area contributed by atoms with Gasteiger partial charge >= 0.3 is 6.01 Å². The monoisotopic (exact) mass is 699 g/mol. The molecule has 2 bridgehead atoms. The molecule has 6 heterocycles. The number of fused-ring (bicyclic) bond motifs is 5. The van der Waals surface area contributed by atoms with Crippen molar-refractivity contribution in [3.8, 4) is 35.4 Å². The van der Waals surface area contributed by atoms with Crippen molar-refractivity contribution in [1.29, 1.82) is 0 Å². The van der Waals surface area contributed by atoms with E-state index in [4.69, 9.17) is 11.2 Å². The molecule has 2 aromatic heterocycles. The Hall–Kier alpha value is -4.64. The van der Waals surface area contributed by atoms with Crippen LogP contribution in [0.25, 0.3) is 32.9 Å². The molecular formula is C38H43F2N7O4. The molecule has 4 aliphatic rings. The molecule has 4 aliphatic heterocycles. The highest BCUT2D eigenvalue weighted by Crippen LogP contribution is 2.40. The van der Waals surface area contributed by atoms with E-state index in [1.807, 2.05) is 4.90 Å². The molecule has 51 heavy (non-hydrogen) atoms.